The van der Waals surface area contributed by atoms with E-state index in [1.54, 1.807) is 6.20 Å². The average molecular weight is 390 g/mol. The maximum absolute atomic E-state index is 12.8. The Morgan fingerprint density at radius 1 is 1.32 bits per heavy atom. The summed E-state index contributed by atoms with van der Waals surface area (Å²) in [6.45, 7) is 4.72. The largest absolute Gasteiger partial charge is 0.378 e. The lowest BCUT2D eigenvalue weighted by Gasteiger charge is -2.33. The normalized spacial score (nSPS) is 29.4. The fraction of sp³-hybridized carbons (Fsp3) is 0.737. The maximum atomic E-state index is 12.8. The standard InChI is InChI=1S/C19H30N6O3/c1-23-14(2-3-17(26)24-8-10-28-11-9-24)12-22-19(27)18-15(23)4-7-25(18)13-16-20-5-6-21-16/h5-6,14-15,18H,2-4,7-13H2,1H3,(H,20,21)(H,22,27). The minimum atomic E-state index is -0.171. The number of aromatic nitrogens is 2. The number of amides is 2. The Kier molecular flexibility index (Phi) is 5.93. The van der Waals surface area contributed by atoms with Crippen LogP contribution in [0.15, 0.2) is 12.4 Å². The van der Waals surface area contributed by atoms with Gasteiger partial charge in [-0.25, -0.2) is 4.98 Å². The van der Waals surface area contributed by atoms with Crippen molar-refractivity contribution < 1.29 is 14.3 Å². The molecule has 0 aromatic carbocycles. The van der Waals surface area contributed by atoms with Crippen LogP contribution in [0.4, 0.5) is 0 Å². The Morgan fingerprint density at radius 2 is 2.14 bits per heavy atom. The van der Waals surface area contributed by atoms with Crippen molar-refractivity contribution in [2.75, 3.05) is 46.4 Å². The van der Waals surface area contributed by atoms with E-state index in [0.29, 0.717) is 45.8 Å². The number of fused-ring (bicyclic) bond motifs is 1. The molecule has 0 saturated carbocycles. The first-order valence-corrected chi connectivity index (χ1v) is 10.2. The van der Waals surface area contributed by atoms with Crippen LogP contribution in [0.2, 0.25) is 0 Å². The summed E-state index contributed by atoms with van der Waals surface area (Å²) in [7, 11) is 2.10. The molecule has 3 aliphatic rings. The van der Waals surface area contributed by atoms with Crippen LogP contribution in [-0.2, 0) is 20.9 Å². The van der Waals surface area contributed by atoms with E-state index in [0.717, 1.165) is 25.2 Å². The first kappa shape index (κ1) is 19.4. The number of aromatic amines is 1. The molecule has 2 amide bonds. The van der Waals surface area contributed by atoms with Gasteiger partial charge in [-0.2, -0.15) is 0 Å². The molecule has 0 bridgehead atoms. The summed E-state index contributed by atoms with van der Waals surface area (Å²) in [4.78, 5) is 39.2. The maximum Gasteiger partial charge on any atom is 0.239 e. The van der Waals surface area contributed by atoms with Crippen molar-refractivity contribution in [2.45, 2.75) is 43.9 Å². The topological polar surface area (TPSA) is 93.8 Å². The summed E-state index contributed by atoms with van der Waals surface area (Å²) >= 11 is 0. The van der Waals surface area contributed by atoms with E-state index in [2.05, 4.69) is 32.1 Å². The number of nitrogens with one attached hydrogen (secondary N) is 2. The quantitative estimate of drug-likeness (QED) is 0.699. The molecule has 28 heavy (non-hydrogen) atoms. The van der Waals surface area contributed by atoms with Crippen molar-refractivity contribution >= 4 is 11.8 Å². The molecule has 4 rings (SSSR count). The van der Waals surface area contributed by atoms with Gasteiger partial charge in [0.05, 0.1) is 19.8 Å². The van der Waals surface area contributed by atoms with Gasteiger partial charge in [0.25, 0.3) is 0 Å². The smallest absolute Gasteiger partial charge is 0.239 e. The third kappa shape index (κ3) is 4.06. The number of nitrogens with zero attached hydrogens (tertiary/aromatic N) is 4. The number of rotatable bonds is 5. The zero-order valence-electron chi connectivity index (χ0n) is 16.5. The zero-order chi connectivity index (χ0) is 19.5. The van der Waals surface area contributed by atoms with Gasteiger partial charge in [-0.05, 0) is 19.9 Å². The molecule has 1 aromatic heterocycles. The van der Waals surface area contributed by atoms with Gasteiger partial charge >= 0.3 is 0 Å². The number of hydrogen-bond acceptors (Lipinski definition) is 6. The van der Waals surface area contributed by atoms with Gasteiger partial charge in [-0.3, -0.25) is 19.4 Å². The van der Waals surface area contributed by atoms with Crippen LogP contribution in [0.5, 0.6) is 0 Å². The number of imidazole rings is 1. The van der Waals surface area contributed by atoms with E-state index in [-0.39, 0.29) is 29.9 Å². The van der Waals surface area contributed by atoms with Crippen molar-refractivity contribution in [3.05, 3.63) is 18.2 Å². The molecule has 3 fully saturated rings. The molecule has 0 spiro atoms. The molecular weight excluding hydrogens is 360 g/mol. The third-order valence-electron chi connectivity index (χ3n) is 6.31. The highest BCUT2D eigenvalue weighted by Crippen LogP contribution is 2.28. The van der Waals surface area contributed by atoms with Crippen molar-refractivity contribution in [1.29, 1.82) is 0 Å². The molecule has 154 valence electrons. The van der Waals surface area contributed by atoms with Gasteiger partial charge in [0.15, 0.2) is 0 Å². The third-order valence-corrected chi connectivity index (χ3v) is 6.31. The van der Waals surface area contributed by atoms with E-state index in [9.17, 15) is 9.59 Å². The number of morpholine rings is 1. The summed E-state index contributed by atoms with van der Waals surface area (Å²) in [6, 6.07) is 0.170. The molecule has 1 aromatic rings. The second kappa shape index (κ2) is 8.59. The van der Waals surface area contributed by atoms with E-state index in [1.807, 2.05) is 11.1 Å². The lowest BCUT2D eigenvalue weighted by atomic mass is 10.0. The van der Waals surface area contributed by atoms with Crippen molar-refractivity contribution in [3.63, 3.8) is 0 Å². The molecule has 0 radical (unpaired) electrons. The van der Waals surface area contributed by atoms with Gasteiger partial charge in [-0.1, -0.05) is 0 Å². The lowest BCUT2D eigenvalue weighted by Crippen LogP contribution is -2.49. The summed E-state index contributed by atoms with van der Waals surface area (Å²) in [5.41, 5.74) is 0. The van der Waals surface area contributed by atoms with Crippen LogP contribution in [0.1, 0.15) is 25.1 Å². The molecule has 3 atom stereocenters. The van der Waals surface area contributed by atoms with Crippen molar-refractivity contribution in [3.8, 4) is 0 Å². The first-order chi connectivity index (χ1) is 13.6. The number of H-pyrrole nitrogens is 1. The van der Waals surface area contributed by atoms with E-state index < -0.39 is 0 Å². The van der Waals surface area contributed by atoms with Gasteiger partial charge in [-0.15, -0.1) is 0 Å². The van der Waals surface area contributed by atoms with Crippen LogP contribution < -0.4 is 5.32 Å². The number of carbonyl (C=O) groups is 2. The molecule has 3 aliphatic heterocycles. The predicted molar refractivity (Wildman–Crippen MR) is 102 cm³/mol. The predicted octanol–water partition coefficient (Wildman–Crippen LogP) is -0.578. The Labute approximate surface area is 165 Å². The molecular formula is C19H30N6O3. The van der Waals surface area contributed by atoms with E-state index in [4.69, 9.17) is 4.74 Å². The second-order valence-electron chi connectivity index (χ2n) is 7.90. The minimum Gasteiger partial charge on any atom is -0.378 e. The molecule has 4 heterocycles. The van der Waals surface area contributed by atoms with Crippen molar-refractivity contribution in [1.82, 2.24) is 30.0 Å². The van der Waals surface area contributed by atoms with Gasteiger partial charge < -0.3 is 19.9 Å². The van der Waals surface area contributed by atoms with Crippen LogP contribution in [-0.4, -0.2) is 101 Å². The van der Waals surface area contributed by atoms with Crippen LogP contribution in [0.25, 0.3) is 0 Å². The monoisotopic (exact) mass is 390 g/mol. The van der Waals surface area contributed by atoms with E-state index in [1.165, 1.54) is 0 Å². The minimum absolute atomic E-state index is 0.0860. The summed E-state index contributed by atoms with van der Waals surface area (Å²) in [5.74, 6) is 1.16. The molecule has 9 heteroatoms. The summed E-state index contributed by atoms with van der Waals surface area (Å²) < 4.78 is 5.32. The fourth-order valence-electron chi connectivity index (χ4n) is 4.66. The lowest BCUT2D eigenvalue weighted by molar-refractivity contribution is -0.135. The summed E-state index contributed by atoms with van der Waals surface area (Å²) in [6.07, 6.45) is 5.77. The number of carbonyl (C=O) groups excluding carboxylic acids is 2. The number of hydrogen-bond donors (Lipinski definition) is 2. The summed E-state index contributed by atoms with van der Waals surface area (Å²) in [5, 5.41) is 3.11. The number of ether oxygens (including phenoxy) is 1. The van der Waals surface area contributed by atoms with Crippen LogP contribution >= 0.6 is 0 Å². The zero-order valence-corrected chi connectivity index (χ0v) is 16.5. The fourth-order valence-corrected chi connectivity index (χ4v) is 4.66. The molecule has 2 N–H and O–H groups in total. The van der Waals surface area contributed by atoms with Gasteiger partial charge in [0, 0.05) is 57.1 Å². The Balaban J connectivity index is 1.37. The molecule has 0 aliphatic carbocycles. The van der Waals surface area contributed by atoms with E-state index >= 15 is 0 Å². The molecule has 3 saturated heterocycles. The highest BCUT2D eigenvalue weighted by Gasteiger charge is 2.45. The molecule has 3 unspecified atom stereocenters. The SMILES string of the molecule is CN1C(CCC(=O)N2CCOCC2)CNC(=O)C2C1CCN2Cc1ncc[nH]1. The highest BCUT2D eigenvalue weighted by molar-refractivity contribution is 5.83. The van der Waals surface area contributed by atoms with Crippen molar-refractivity contribution in [2.24, 2.45) is 0 Å². The second-order valence-corrected chi connectivity index (χ2v) is 7.90. The average Bonchev–Trinajstić information content (AvgIpc) is 3.35. The Hall–Kier alpha value is -1.97. The van der Waals surface area contributed by atoms with Crippen LogP contribution in [0.3, 0.4) is 0 Å². The Morgan fingerprint density at radius 3 is 2.89 bits per heavy atom. The van der Waals surface area contributed by atoms with Gasteiger partial charge in [0.2, 0.25) is 11.8 Å². The van der Waals surface area contributed by atoms with Crippen LogP contribution in [0, 0.1) is 0 Å². The Bertz CT molecular complexity index is 675. The number of likely N-dealkylation sites (tertiary alicyclic amines) is 1. The van der Waals surface area contributed by atoms with Gasteiger partial charge in [0.1, 0.15) is 11.9 Å². The highest BCUT2D eigenvalue weighted by atomic mass is 16.5. The molecule has 9 nitrogen and oxygen atoms in total. The first-order valence-electron chi connectivity index (χ1n) is 10.2. The number of likely N-dealkylation sites (N-methyl/N-ethyl adjacent to an activating group) is 1.